The Balaban J connectivity index is 1.56. The number of carbonyl (C=O) groups is 2. The van der Waals surface area contributed by atoms with Gasteiger partial charge in [0.15, 0.2) is 0 Å². The van der Waals surface area contributed by atoms with E-state index in [0.29, 0.717) is 23.5 Å². The van der Waals surface area contributed by atoms with Crippen molar-refractivity contribution in [2.45, 2.75) is 13.1 Å². The quantitative estimate of drug-likeness (QED) is 0.698. The number of halogens is 1. The van der Waals surface area contributed by atoms with Gasteiger partial charge in [-0.05, 0) is 46.8 Å². The van der Waals surface area contributed by atoms with Crippen LogP contribution >= 0.6 is 11.3 Å². The third-order valence-corrected chi connectivity index (χ3v) is 4.95. The van der Waals surface area contributed by atoms with Crippen molar-refractivity contribution in [2.75, 3.05) is 7.05 Å². The molecule has 0 aliphatic heterocycles. The highest BCUT2D eigenvalue weighted by Gasteiger charge is 2.12. The van der Waals surface area contributed by atoms with Crippen LogP contribution in [0.2, 0.25) is 0 Å². The zero-order valence-corrected chi connectivity index (χ0v) is 15.6. The van der Waals surface area contributed by atoms with E-state index in [-0.39, 0.29) is 17.6 Å². The van der Waals surface area contributed by atoms with Crippen molar-refractivity contribution in [3.05, 3.63) is 93.4 Å². The maximum Gasteiger partial charge on any atom is 0.261 e. The number of carbonyl (C=O) groups excluding carboxylic acids is 2. The smallest absolute Gasteiger partial charge is 0.261 e. The Morgan fingerprint density at radius 2 is 1.67 bits per heavy atom. The number of rotatable bonds is 6. The summed E-state index contributed by atoms with van der Waals surface area (Å²) >= 11 is 1.39. The first-order valence-corrected chi connectivity index (χ1v) is 9.31. The SMILES string of the molecule is CN(Cc1ccc(F)cc1)C(=O)c1ccc(CNC(=O)c2cccs2)cc1. The lowest BCUT2D eigenvalue weighted by molar-refractivity contribution is 0.0784. The molecule has 3 aromatic rings. The minimum absolute atomic E-state index is 0.107. The van der Waals surface area contributed by atoms with Gasteiger partial charge in [0.2, 0.25) is 0 Å². The summed E-state index contributed by atoms with van der Waals surface area (Å²) in [6.45, 7) is 0.800. The van der Waals surface area contributed by atoms with Gasteiger partial charge >= 0.3 is 0 Å². The first-order chi connectivity index (χ1) is 13.0. The zero-order chi connectivity index (χ0) is 19.2. The Hall–Kier alpha value is -2.99. The van der Waals surface area contributed by atoms with E-state index in [1.54, 1.807) is 42.3 Å². The lowest BCUT2D eigenvalue weighted by Crippen LogP contribution is -2.26. The first kappa shape index (κ1) is 18.8. The van der Waals surface area contributed by atoms with Gasteiger partial charge in [0, 0.05) is 25.7 Å². The number of nitrogens with one attached hydrogen (secondary N) is 1. The van der Waals surface area contributed by atoms with Crippen LogP contribution in [0, 0.1) is 5.82 Å². The summed E-state index contributed by atoms with van der Waals surface area (Å²) in [5.74, 6) is -0.521. The molecule has 0 spiro atoms. The van der Waals surface area contributed by atoms with Crippen LogP contribution in [0.25, 0.3) is 0 Å². The summed E-state index contributed by atoms with van der Waals surface area (Å²) in [7, 11) is 1.71. The third kappa shape index (κ3) is 5.01. The van der Waals surface area contributed by atoms with Gasteiger partial charge in [0.05, 0.1) is 4.88 Å². The molecule has 1 heterocycles. The third-order valence-electron chi connectivity index (χ3n) is 4.08. The van der Waals surface area contributed by atoms with E-state index in [0.717, 1.165) is 11.1 Å². The number of thiophene rings is 1. The second-order valence-electron chi connectivity index (χ2n) is 6.14. The molecule has 0 saturated heterocycles. The maximum absolute atomic E-state index is 13.0. The second-order valence-corrected chi connectivity index (χ2v) is 7.09. The molecule has 2 amide bonds. The Kier molecular flexibility index (Phi) is 5.98. The second kappa shape index (κ2) is 8.60. The van der Waals surface area contributed by atoms with E-state index in [1.807, 2.05) is 23.6 Å². The van der Waals surface area contributed by atoms with Crippen LogP contribution in [0.1, 0.15) is 31.2 Å². The van der Waals surface area contributed by atoms with Crippen LogP contribution < -0.4 is 5.32 Å². The highest BCUT2D eigenvalue weighted by atomic mass is 32.1. The molecule has 0 fully saturated rings. The van der Waals surface area contributed by atoms with Crippen molar-refractivity contribution in [3.8, 4) is 0 Å². The number of nitrogens with zero attached hydrogens (tertiary/aromatic N) is 1. The summed E-state index contributed by atoms with van der Waals surface area (Å²) in [4.78, 5) is 26.7. The molecule has 0 aliphatic rings. The van der Waals surface area contributed by atoms with E-state index < -0.39 is 0 Å². The van der Waals surface area contributed by atoms with E-state index in [1.165, 1.54) is 23.5 Å². The molecule has 27 heavy (non-hydrogen) atoms. The minimum Gasteiger partial charge on any atom is -0.347 e. The fraction of sp³-hybridized carbons (Fsp3) is 0.143. The first-order valence-electron chi connectivity index (χ1n) is 8.43. The summed E-state index contributed by atoms with van der Waals surface area (Å²) in [5.41, 5.74) is 2.34. The van der Waals surface area contributed by atoms with Gasteiger partial charge < -0.3 is 10.2 Å². The predicted octanol–water partition coefficient (Wildman–Crippen LogP) is 4.09. The molecule has 1 N–H and O–H groups in total. The van der Waals surface area contributed by atoms with Crippen molar-refractivity contribution in [3.63, 3.8) is 0 Å². The van der Waals surface area contributed by atoms with E-state index in [2.05, 4.69) is 5.32 Å². The summed E-state index contributed by atoms with van der Waals surface area (Å²) in [5, 5.41) is 4.71. The van der Waals surface area contributed by atoms with Crippen molar-refractivity contribution >= 4 is 23.2 Å². The Bertz CT molecular complexity index is 906. The lowest BCUT2D eigenvalue weighted by Gasteiger charge is -2.17. The molecular formula is C21H19FN2O2S. The molecule has 4 nitrogen and oxygen atoms in total. The molecule has 0 aliphatic carbocycles. The normalized spacial score (nSPS) is 10.4. The number of hydrogen-bond acceptors (Lipinski definition) is 3. The Labute approximate surface area is 161 Å². The topological polar surface area (TPSA) is 49.4 Å². The van der Waals surface area contributed by atoms with Gasteiger partial charge in [-0.25, -0.2) is 4.39 Å². The van der Waals surface area contributed by atoms with Crippen LogP contribution in [0.5, 0.6) is 0 Å². The van der Waals surface area contributed by atoms with Crippen LogP contribution in [-0.4, -0.2) is 23.8 Å². The fourth-order valence-electron chi connectivity index (χ4n) is 2.60. The van der Waals surface area contributed by atoms with Crippen molar-refractivity contribution in [1.29, 1.82) is 0 Å². The predicted molar refractivity (Wildman–Crippen MR) is 104 cm³/mol. The number of hydrogen-bond donors (Lipinski definition) is 1. The van der Waals surface area contributed by atoms with Crippen molar-refractivity contribution in [2.24, 2.45) is 0 Å². The van der Waals surface area contributed by atoms with E-state index in [4.69, 9.17) is 0 Å². The summed E-state index contributed by atoms with van der Waals surface area (Å²) in [6.07, 6.45) is 0. The maximum atomic E-state index is 13.0. The molecule has 138 valence electrons. The highest BCUT2D eigenvalue weighted by molar-refractivity contribution is 7.12. The van der Waals surface area contributed by atoms with Gasteiger partial charge in [-0.2, -0.15) is 0 Å². The number of amides is 2. The molecular weight excluding hydrogens is 363 g/mol. The average Bonchev–Trinajstić information content (AvgIpc) is 3.22. The van der Waals surface area contributed by atoms with Gasteiger partial charge in [-0.15, -0.1) is 11.3 Å². The standard InChI is InChI=1S/C21H19FN2O2S/c1-24(14-16-6-10-18(22)11-7-16)21(26)17-8-4-15(5-9-17)13-23-20(25)19-3-2-12-27-19/h2-12H,13-14H2,1H3,(H,23,25). The molecule has 0 unspecified atom stereocenters. The highest BCUT2D eigenvalue weighted by Crippen LogP contribution is 2.12. The molecule has 0 bridgehead atoms. The summed E-state index contributed by atoms with van der Waals surface area (Å²) in [6, 6.07) is 16.9. The van der Waals surface area contributed by atoms with Crippen molar-refractivity contribution in [1.82, 2.24) is 10.2 Å². The van der Waals surface area contributed by atoms with Crippen molar-refractivity contribution < 1.29 is 14.0 Å². The molecule has 3 rings (SSSR count). The lowest BCUT2D eigenvalue weighted by atomic mass is 10.1. The molecule has 0 saturated carbocycles. The van der Waals surface area contributed by atoms with Gasteiger partial charge in [-0.3, -0.25) is 9.59 Å². The van der Waals surface area contributed by atoms with Gasteiger partial charge in [0.25, 0.3) is 11.8 Å². The monoisotopic (exact) mass is 382 g/mol. The van der Waals surface area contributed by atoms with Crippen LogP contribution in [-0.2, 0) is 13.1 Å². The zero-order valence-electron chi connectivity index (χ0n) is 14.8. The average molecular weight is 382 g/mol. The van der Waals surface area contributed by atoms with Crippen LogP contribution in [0.15, 0.2) is 66.0 Å². The van der Waals surface area contributed by atoms with E-state index >= 15 is 0 Å². The Morgan fingerprint density at radius 3 is 2.30 bits per heavy atom. The minimum atomic E-state index is -0.297. The molecule has 0 radical (unpaired) electrons. The summed E-state index contributed by atoms with van der Waals surface area (Å²) < 4.78 is 13.0. The number of benzene rings is 2. The van der Waals surface area contributed by atoms with E-state index in [9.17, 15) is 14.0 Å². The van der Waals surface area contributed by atoms with Gasteiger partial charge in [-0.1, -0.05) is 30.3 Å². The largest absolute Gasteiger partial charge is 0.347 e. The van der Waals surface area contributed by atoms with Crippen LogP contribution in [0.3, 0.4) is 0 Å². The molecule has 1 aromatic heterocycles. The van der Waals surface area contributed by atoms with Gasteiger partial charge in [0.1, 0.15) is 5.82 Å². The Morgan fingerprint density at radius 1 is 1.00 bits per heavy atom. The molecule has 6 heteroatoms. The molecule has 2 aromatic carbocycles. The fourth-order valence-corrected chi connectivity index (χ4v) is 3.24. The van der Waals surface area contributed by atoms with Crippen LogP contribution in [0.4, 0.5) is 4.39 Å². The molecule has 0 atom stereocenters.